The van der Waals surface area contributed by atoms with Crippen molar-refractivity contribution in [1.82, 2.24) is 14.6 Å². The Kier molecular flexibility index (Phi) is 2.80. The number of carbonyl (C=O) groups is 1. The summed E-state index contributed by atoms with van der Waals surface area (Å²) in [5, 5.41) is 6.00. The van der Waals surface area contributed by atoms with E-state index in [1.54, 1.807) is 14.1 Å². The van der Waals surface area contributed by atoms with Crippen LogP contribution in [-0.2, 0) is 7.05 Å². The summed E-state index contributed by atoms with van der Waals surface area (Å²) in [6, 6.07) is 0. The maximum Gasteiger partial charge on any atom is 0.296 e. The van der Waals surface area contributed by atoms with Crippen LogP contribution in [-0.4, -0.2) is 34.6 Å². The summed E-state index contributed by atoms with van der Waals surface area (Å²) in [6.07, 6.45) is 1.48. The van der Waals surface area contributed by atoms with Crippen molar-refractivity contribution >= 4 is 11.7 Å². The molecule has 0 aromatic carbocycles. The number of anilines is 1. The Morgan fingerprint density at radius 1 is 1.71 bits per heavy atom. The first-order chi connectivity index (χ1) is 6.61. The van der Waals surface area contributed by atoms with Crippen LogP contribution in [0.2, 0.25) is 0 Å². The number of nitroso groups, excluding NO2 is 1. The minimum atomic E-state index is -0.496. The standard InChI is InChI=1S/C7H11N5O2/c1-8-6-5(11(2)4-9-6)7(13)12(3)10-14/h4,8H,1-3H3. The zero-order chi connectivity index (χ0) is 10.7. The van der Waals surface area contributed by atoms with Gasteiger partial charge in [0.25, 0.3) is 5.91 Å². The smallest absolute Gasteiger partial charge is 0.296 e. The molecule has 1 heterocycles. The van der Waals surface area contributed by atoms with E-state index >= 15 is 0 Å². The van der Waals surface area contributed by atoms with Gasteiger partial charge in [0, 0.05) is 21.1 Å². The van der Waals surface area contributed by atoms with Crippen LogP contribution < -0.4 is 5.32 Å². The Morgan fingerprint density at radius 3 is 2.86 bits per heavy atom. The number of amides is 1. The van der Waals surface area contributed by atoms with Gasteiger partial charge in [-0.05, 0) is 0 Å². The minimum Gasteiger partial charge on any atom is -0.371 e. The Labute approximate surface area is 80.7 Å². The van der Waals surface area contributed by atoms with Gasteiger partial charge in [-0.1, -0.05) is 0 Å². The summed E-state index contributed by atoms with van der Waals surface area (Å²) >= 11 is 0. The summed E-state index contributed by atoms with van der Waals surface area (Å²) < 4.78 is 1.52. The topological polar surface area (TPSA) is 79.6 Å². The highest BCUT2D eigenvalue weighted by atomic mass is 16.3. The van der Waals surface area contributed by atoms with Crippen molar-refractivity contribution in [3.63, 3.8) is 0 Å². The average molecular weight is 197 g/mol. The number of nitrogens with zero attached hydrogens (tertiary/aromatic N) is 4. The van der Waals surface area contributed by atoms with Gasteiger partial charge in [-0.15, -0.1) is 4.91 Å². The highest BCUT2D eigenvalue weighted by Gasteiger charge is 2.20. The van der Waals surface area contributed by atoms with Gasteiger partial charge in [-0.2, -0.15) is 5.01 Å². The summed E-state index contributed by atoms with van der Waals surface area (Å²) in [5.74, 6) is -0.0719. The molecule has 0 aliphatic heterocycles. The third kappa shape index (κ3) is 1.56. The van der Waals surface area contributed by atoms with Crippen molar-refractivity contribution in [3.8, 4) is 0 Å². The van der Waals surface area contributed by atoms with E-state index in [-0.39, 0.29) is 0 Å². The number of hydrogen-bond acceptors (Lipinski definition) is 5. The molecule has 0 saturated carbocycles. The highest BCUT2D eigenvalue weighted by molar-refractivity contribution is 5.96. The second kappa shape index (κ2) is 3.86. The largest absolute Gasteiger partial charge is 0.371 e. The van der Waals surface area contributed by atoms with E-state index in [0.29, 0.717) is 11.5 Å². The molecule has 76 valence electrons. The number of rotatable bonds is 3. The molecule has 7 heteroatoms. The molecule has 0 fully saturated rings. The average Bonchev–Trinajstić information content (AvgIpc) is 2.57. The molecule has 0 radical (unpaired) electrons. The van der Waals surface area contributed by atoms with Crippen LogP contribution in [0.25, 0.3) is 0 Å². The lowest BCUT2D eigenvalue weighted by Gasteiger charge is -2.08. The molecule has 0 saturated heterocycles. The second-order valence-corrected chi connectivity index (χ2v) is 2.71. The first-order valence-corrected chi connectivity index (χ1v) is 3.92. The van der Waals surface area contributed by atoms with Crippen LogP contribution in [0.1, 0.15) is 10.5 Å². The zero-order valence-electron chi connectivity index (χ0n) is 8.18. The number of aromatic nitrogens is 2. The van der Waals surface area contributed by atoms with Crippen molar-refractivity contribution in [2.24, 2.45) is 12.3 Å². The Morgan fingerprint density at radius 2 is 2.36 bits per heavy atom. The molecule has 0 bridgehead atoms. The lowest BCUT2D eigenvalue weighted by Crippen LogP contribution is -2.23. The predicted molar refractivity (Wildman–Crippen MR) is 50.6 cm³/mol. The van der Waals surface area contributed by atoms with Crippen LogP contribution >= 0.6 is 0 Å². The maximum absolute atomic E-state index is 11.6. The van der Waals surface area contributed by atoms with E-state index in [0.717, 1.165) is 5.01 Å². The van der Waals surface area contributed by atoms with Crippen LogP contribution in [0, 0.1) is 4.91 Å². The minimum absolute atomic E-state index is 0.301. The van der Waals surface area contributed by atoms with Crippen molar-refractivity contribution in [2.45, 2.75) is 0 Å². The van der Waals surface area contributed by atoms with Crippen LogP contribution in [0.15, 0.2) is 11.6 Å². The molecule has 1 aromatic rings. The molecule has 1 amide bonds. The maximum atomic E-state index is 11.6. The lowest BCUT2D eigenvalue weighted by atomic mass is 10.4. The van der Waals surface area contributed by atoms with E-state index in [2.05, 4.69) is 15.6 Å². The molecular weight excluding hydrogens is 186 g/mol. The van der Waals surface area contributed by atoms with Crippen LogP contribution in [0.4, 0.5) is 5.82 Å². The van der Waals surface area contributed by atoms with Gasteiger partial charge in [-0.3, -0.25) is 4.79 Å². The Balaban J connectivity index is 3.10. The predicted octanol–water partition coefficient (Wildman–Crippen LogP) is 0.215. The van der Waals surface area contributed by atoms with E-state index in [1.165, 1.54) is 17.9 Å². The van der Waals surface area contributed by atoms with Gasteiger partial charge in [0.1, 0.15) is 0 Å². The van der Waals surface area contributed by atoms with E-state index in [1.807, 2.05) is 0 Å². The zero-order valence-corrected chi connectivity index (χ0v) is 8.18. The Bertz CT molecular complexity index is 359. The van der Waals surface area contributed by atoms with Gasteiger partial charge >= 0.3 is 0 Å². The molecule has 1 aromatic heterocycles. The monoisotopic (exact) mass is 197 g/mol. The summed E-state index contributed by atoms with van der Waals surface area (Å²) in [4.78, 5) is 25.7. The number of hydrogen-bond donors (Lipinski definition) is 1. The van der Waals surface area contributed by atoms with E-state index in [9.17, 15) is 9.70 Å². The highest BCUT2D eigenvalue weighted by Crippen LogP contribution is 2.13. The molecule has 0 unspecified atom stereocenters. The SMILES string of the molecule is CNc1ncn(C)c1C(=O)N(C)N=O. The quantitative estimate of drug-likeness (QED) is 0.555. The van der Waals surface area contributed by atoms with Gasteiger partial charge in [0.2, 0.25) is 0 Å². The second-order valence-electron chi connectivity index (χ2n) is 2.71. The fourth-order valence-corrected chi connectivity index (χ4v) is 1.06. The molecule has 0 spiro atoms. The first kappa shape index (κ1) is 10.2. The lowest BCUT2D eigenvalue weighted by molar-refractivity contribution is 0.0788. The normalized spacial score (nSPS) is 9.64. The van der Waals surface area contributed by atoms with E-state index < -0.39 is 5.91 Å². The third-order valence-corrected chi connectivity index (χ3v) is 1.79. The van der Waals surface area contributed by atoms with Crippen LogP contribution in [0.3, 0.4) is 0 Å². The molecular formula is C7H11N5O2. The van der Waals surface area contributed by atoms with Gasteiger partial charge < -0.3 is 9.88 Å². The van der Waals surface area contributed by atoms with Gasteiger partial charge in [0.15, 0.2) is 11.5 Å². The molecule has 0 aliphatic carbocycles. The van der Waals surface area contributed by atoms with Gasteiger partial charge in [0.05, 0.1) is 11.6 Å². The van der Waals surface area contributed by atoms with Crippen molar-refractivity contribution in [2.75, 3.05) is 19.4 Å². The Hall–Kier alpha value is -1.92. The molecule has 1 N–H and O–H groups in total. The summed E-state index contributed by atoms with van der Waals surface area (Å²) in [6.45, 7) is 0. The van der Waals surface area contributed by atoms with Crippen LogP contribution in [0.5, 0.6) is 0 Å². The number of aryl methyl sites for hydroxylation is 1. The van der Waals surface area contributed by atoms with Crippen molar-refractivity contribution in [3.05, 3.63) is 16.9 Å². The fourth-order valence-electron chi connectivity index (χ4n) is 1.06. The molecule has 14 heavy (non-hydrogen) atoms. The fraction of sp³-hybridized carbons (Fsp3) is 0.429. The summed E-state index contributed by atoms with van der Waals surface area (Å²) in [7, 11) is 4.61. The number of imidazole rings is 1. The van der Waals surface area contributed by atoms with Crippen molar-refractivity contribution < 1.29 is 4.79 Å². The summed E-state index contributed by atoms with van der Waals surface area (Å²) in [5.41, 5.74) is 0.301. The number of carbonyl (C=O) groups excluding carboxylic acids is 1. The van der Waals surface area contributed by atoms with E-state index in [4.69, 9.17) is 0 Å². The number of nitrogens with one attached hydrogen (secondary N) is 1. The molecule has 0 aliphatic rings. The first-order valence-electron chi connectivity index (χ1n) is 3.92. The van der Waals surface area contributed by atoms with Crippen molar-refractivity contribution in [1.29, 1.82) is 0 Å². The van der Waals surface area contributed by atoms with Gasteiger partial charge in [-0.25, -0.2) is 4.98 Å². The third-order valence-electron chi connectivity index (χ3n) is 1.79. The molecule has 7 nitrogen and oxygen atoms in total. The molecule has 1 rings (SSSR count). The molecule has 0 atom stereocenters.